The molecule has 1 saturated carbocycles. The van der Waals surface area contributed by atoms with Gasteiger partial charge in [0.25, 0.3) is 0 Å². The monoisotopic (exact) mass is 457 g/mol. The van der Waals surface area contributed by atoms with Gasteiger partial charge >= 0.3 is 5.97 Å². The number of carbonyl (C=O) groups is 2. The summed E-state index contributed by atoms with van der Waals surface area (Å²) in [6.07, 6.45) is 2.83. The number of allylic oxidation sites excluding steroid dienone is 1. The molecule has 0 saturated heterocycles. The van der Waals surface area contributed by atoms with Gasteiger partial charge in [-0.2, -0.15) is 0 Å². The number of aromatic amines is 1. The normalized spacial score (nSPS) is 39.8. The van der Waals surface area contributed by atoms with Crippen LogP contribution in [-0.4, -0.2) is 56.5 Å². The van der Waals surface area contributed by atoms with Crippen molar-refractivity contribution >= 4 is 11.8 Å². The number of aryl methyl sites for hydroxylation is 1. The van der Waals surface area contributed by atoms with Crippen LogP contribution in [0.1, 0.15) is 57.1 Å². The number of carbonyl (C=O) groups excluding carboxylic acids is 2. The molecule has 0 radical (unpaired) electrons. The van der Waals surface area contributed by atoms with Crippen LogP contribution >= 0.6 is 0 Å². The van der Waals surface area contributed by atoms with E-state index >= 15 is 0 Å². The van der Waals surface area contributed by atoms with Crippen LogP contribution in [0, 0.1) is 35.5 Å². The molecule has 7 atom stereocenters. The van der Waals surface area contributed by atoms with E-state index in [0.29, 0.717) is 12.0 Å². The number of ether oxygens (including phenoxy) is 1. The molecule has 1 aromatic heterocycles. The van der Waals surface area contributed by atoms with Crippen LogP contribution in [0.2, 0.25) is 0 Å². The first kappa shape index (κ1) is 23.9. The Morgan fingerprint density at radius 3 is 2.48 bits per heavy atom. The van der Waals surface area contributed by atoms with E-state index in [-0.39, 0.29) is 28.9 Å². The van der Waals surface area contributed by atoms with Gasteiger partial charge in [0.15, 0.2) is 17.5 Å². The van der Waals surface area contributed by atoms with Crippen LogP contribution in [0.15, 0.2) is 35.6 Å². The molecule has 4 N–H and O–H groups in total. The molecule has 7 heteroatoms. The number of hydrogen-bond acceptors (Lipinski definition) is 6. The predicted octanol–water partition coefficient (Wildman–Crippen LogP) is 2.71. The van der Waals surface area contributed by atoms with Crippen molar-refractivity contribution in [3.05, 3.63) is 46.8 Å². The lowest BCUT2D eigenvalue weighted by Gasteiger charge is -2.48. The van der Waals surface area contributed by atoms with Crippen molar-refractivity contribution in [2.24, 2.45) is 28.6 Å². The third-order valence-corrected chi connectivity index (χ3v) is 8.78. The fourth-order valence-electron chi connectivity index (χ4n) is 6.45. The molecule has 1 aromatic rings. The minimum atomic E-state index is -2.14. The summed E-state index contributed by atoms with van der Waals surface area (Å²) in [5.74, 6) is -1.71. The van der Waals surface area contributed by atoms with Crippen LogP contribution in [0.3, 0.4) is 0 Å². The van der Waals surface area contributed by atoms with Crippen molar-refractivity contribution < 1.29 is 29.6 Å². The van der Waals surface area contributed by atoms with E-state index in [9.17, 15) is 24.9 Å². The predicted molar refractivity (Wildman–Crippen MR) is 122 cm³/mol. The van der Waals surface area contributed by atoms with Gasteiger partial charge in [0.05, 0.1) is 12.0 Å². The Kier molecular flexibility index (Phi) is 5.55. The number of H-pyrrole nitrogens is 1. The molecule has 1 spiro atoms. The van der Waals surface area contributed by atoms with Crippen molar-refractivity contribution in [1.82, 2.24) is 4.98 Å². The third kappa shape index (κ3) is 3.05. The zero-order valence-electron chi connectivity index (χ0n) is 20.2. The number of ketones is 1. The largest absolute Gasteiger partial charge is 0.450 e. The number of esters is 1. The Morgan fingerprint density at radius 1 is 1.24 bits per heavy atom. The van der Waals surface area contributed by atoms with Crippen LogP contribution in [-0.2, 0) is 9.53 Å². The molecule has 1 heterocycles. The summed E-state index contributed by atoms with van der Waals surface area (Å²) < 4.78 is 5.81. The smallest absolute Gasteiger partial charge is 0.355 e. The molecule has 0 unspecified atom stereocenters. The zero-order chi connectivity index (χ0) is 24.5. The van der Waals surface area contributed by atoms with Crippen molar-refractivity contribution in [2.75, 3.05) is 6.61 Å². The maximum Gasteiger partial charge on any atom is 0.355 e. The molecule has 7 nitrogen and oxygen atoms in total. The highest BCUT2D eigenvalue weighted by molar-refractivity contribution is 5.95. The third-order valence-electron chi connectivity index (χ3n) is 8.78. The van der Waals surface area contributed by atoms with Crippen LogP contribution < -0.4 is 0 Å². The van der Waals surface area contributed by atoms with E-state index in [1.165, 1.54) is 0 Å². The van der Waals surface area contributed by atoms with Gasteiger partial charge in [-0.15, -0.1) is 0 Å². The standard InChI is InChI=1S/C26H35NO6/c1-13-7-19(27-11-13)23(31)33-22-14(2)10-25-16(4)8-15(3)24(5,6)18(21(25)30)9-17(12-28)20(29)26(22,25)32/h7,9-11,15-16,18,20,22,27-29,32H,8,12H2,1-6H3/t15-,16+,18+,20+,22-,25-,26-/m0/s1. The Labute approximate surface area is 194 Å². The zero-order valence-corrected chi connectivity index (χ0v) is 20.2. The van der Waals surface area contributed by atoms with E-state index in [1.54, 1.807) is 31.3 Å². The van der Waals surface area contributed by atoms with Gasteiger partial charge in [0.1, 0.15) is 11.8 Å². The lowest BCUT2D eigenvalue weighted by molar-refractivity contribution is -0.190. The maximum atomic E-state index is 14.3. The topological polar surface area (TPSA) is 120 Å². The average Bonchev–Trinajstić information content (AvgIpc) is 3.25. The molecule has 33 heavy (non-hydrogen) atoms. The van der Waals surface area contributed by atoms with Crippen molar-refractivity contribution in [3.8, 4) is 0 Å². The molecular weight excluding hydrogens is 422 g/mol. The fourth-order valence-corrected chi connectivity index (χ4v) is 6.45. The fraction of sp³-hybridized carbons (Fsp3) is 0.615. The van der Waals surface area contributed by atoms with Gasteiger partial charge in [-0.3, -0.25) is 4.79 Å². The first-order valence-corrected chi connectivity index (χ1v) is 11.6. The molecule has 1 fully saturated rings. The van der Waals surface area contributed by atoms with Crippen molar-refractivity contribution in [1.29, 1.82) is 0 Å². The van der Waals surface area contributed by atoms with E-state index in [2.05, 4.69) is 11.9 Å². The highest BCUT2D eigenvalue weighted by Gasteiger charge is 2.73. The number of aliphatic hydroxyl groups excluding tert-OH is 2. The van der Waals surface area contributed by atoms with Gasteiger partial charge in [-0.05, 0) is 60.3 Å². The Bertz CT molecular complexity index is 1050. The molecule has 0 aliphatic heterocycles. The number of aliphatic hydroxyl groups is 3. The van der Waals surface area contributed by atoms with Crippen LogP contribution in [0.5, 0.6) is 0 Å². The number of Topliss-reactive ketones (excluding diaryl/α,β-unsaturated/α-hetero) is 1. The van der Waals surface area contributed by atoms with Gasteiger partial charge in [-0.25, -0.2) is 4.79 Å². The van der Waals surface area contributed by atoms with Crippen LogP contribution in [0.25, 0.3) is 0 Å². The van der Waals surface area contributed by atoms with Crippen molar-refractivity contribution in [2.45, 2.75) is 65.8 Å². The summed E-state index contributed by atoms with van der Waals surface area (Å²) in [5.41, 5.74) is -2.31. The van der Waals surface area contributed by atoms with Crippen molar-refractivity contribution in [3.63, 3.8) is 0 Å². The summed E-state index contributed by atoms with van der Waals surface area (Å²) in [6.45, 7) is 11.1. The van der Waals surface area contributed by atoms with Gasteiger partial charge < -0.3 is 25.0 Å². The van der Waals surface area contributed by atoms with E-state index < -0.39 is 47.1 Å². The number of fused-ring (bicyclic) bond motifs is 1. The number of nitrogens with one attached hydrogen (secondary N) is 1. The minimum Gasteiger partial charge on any atom is -0.450 e. The summed E-state index contributed by atoms with van der Waals surface area (Å²) in [6, 6.07) is 1.64. The average molecular weight is 458 g/mol. The van der Waals surface area contributed by atoms with Gasteiger partial charge in [-0.1, -0.05) is 39.8 Å². The first-order valence-electron chi connectivity index (χ1n) is 11.6. The highest BCUT2D eigenvalue weighted by atomic mass is 16.6. The summed E-state index contributed by atoms with van der Waals surface area (Å²) in [7, 11) is 0. The minimum absolute atomic E-state index is 0.133. The molecule has 180 valence electrons. The number of rotatable bonds is 3. The molecule has 3 aliphatic rings. The molecule has 0 amide bonds. The molecule has 4 rings (SSSR count). The first-order chi connectivity index (χ1) is 15.3. The Hall–Kier alpha value is -2.22. The summed E-state index contributed by atoms with van der Waals surface area (Å²) in [4.78, 5) is 30.1. The van der Waals surface area contributed by atoms with E-state index in [1.807, 2.05) is 27.7 Å². The van der Waals surface area contributed by atoms with Gasteiger partial charge in [0.2, 0.25) is 0 Å². The second-order valence-corrected chi connectivity index (χ2v) is 11.0. The molecule has 2 bridgehead atoms. The lowest BCUT2D eigenvalue weighted by atomic mass is 9.59. The van der Waals surface area contributed by atoms with Gasteiger partial charge in [0, 0.05) is 12.1 Å². The summed E-state index contributed by atoms with van der Waals surface area (Å²) in [5, 5.41) is 34.0. The highest BCUT2D eigenvalue weighted by Crippen LogP contribution is 2.62. The number of hydrogen-bond donors (Lipinski definition) is 4. The lowest BCUT2D eigenvalue weighted by Crippen LogP contribution is -2.65. The Balaban J connectivity index is 1.91. The van der Waals surface area contributed by atoms with Crippen LogP contribution in [0.4, 0.5) is 0 Å². The molecule has 0 aromatic carbocycles. The molecule has 3 aliphatic carbocycles. The second kappa shape index (κ2) is 7.65. The van der Waals surface area contributed by atoms with E-state index in [0.717, 1.165) is 5.56 Å². The quantitative estimate of drug-likeness (QED) is 0.409. The molecular formula is C26H35NO6. The maximum absolute atomic E-state index is 14.3. The Morgan fingerprint density at radius 2 is 1.91 bits per heavy atom. The number of aromatic nitrogens is 1. The second-order valence-electron chi connectivity index (χ2n) is 11.0. The SMILES string of the molecule is CC1=C[C@]23C(=O)[C@@H](C=C(CO)[C@@H](O)[C@]2(O)[C@H]1OC(=O)c1cc(C)c[nH]1)C(C)(C)[C@@H](C)C[C@H]3C. The van der Waals surface area contributed by atoms with E-state index in [4.69, 9.17) is 4.74 Å². The summed E-state index contributed by atoms with van der Waals surface area (Å²) >= 11 is 0.